The Morgan fingerprint density at radius 3 is 2.74 bits per heavy atom. The predicted octanol–water partition coefficient (Wildman–Crippen LogP) is 4.37. The number of hydrogen-bond donors (Lipinski definition) is 1. The van der Waals surface area contributed by atoms with Crippen molar-refractivity contribution in [1.82, 2.24) is 10.2 Å². The van der Waals surface area contributed by atoms with E-state index in [1.165, 1.54) is 11.3 Å². The number of nitrogens with zero attached hydrogens (tertiary/aromatic N) is 1. The van der Waals surface area contributed by atoms with Gasteiger partial charge in [0, 0.05) is 4.88 Å². The van der Waals surface area contributed by atoms with E-state index < -0.39 is 0 Å². The van der Waals surface area contributed by atoms with Gasteiger partial charge in [0.05, 0.1) is 16.1 Å². The van der Waals surface area contributed by atoms with Gasteiger partial charge in [0.2, 0.25) is 5.88 Å². The number of aromatic amines is 1. The molecule has 0 fully saturated rings. The minimum absolute atomic E-state index is 0.509. The van der Waals surface area contributed by atoms with Crippen molar-refractivity contribution in [2.45, 2.75) is 6.61 Å². The Morgan fingerprint density at radius 2 is 2.00 bits per heavy atom. The molecule has 0 aliphatic carbocycles. The van der Waals surface area contributed by atoms with Crippen LogP contribution in [0.4, 0.5) is 0 Å². The zero-order valence-corrected chi connectivity index (χ0v) is 11.5. The third kappa shape index (κ3) is 2.80. The molecule has 0 bridgehead atoms. The Labute approximate surface area is 119 Å². The highest BCUT2D eigenvalue weighted by Gasteiger charge is 2.11. The van der Waals surface area contributed by atoms with E-state index in [0.717, 1.165) is 20.3 Å². The fraction of sp³-hybridized carbons (Fsp3) is 0.0714. The second kappa shape index (κ2) is 5.47. The zero-order chi connectivity index (χ0) is 13.1. The summed E-state index contributed by atoms with van der Waals surface area (Å²) in [5.74, 6) is 0.669. The van der Waals surface area contributed by atoms with Crippen molar-refractivity contribution < 1.29 is 4.74 Å². The third-order valence-corrected chi connectivity index (χ3v) is 3.93. The van der Waals surface area contributed by atoms with Crippen molar-refractivity contribution in [2.24, 2.45) is 0 Å². The summed E-state index contributed by atoms with van der Waals surface area (Å²) in [4.78, 5) is 1.04. The fourth-order valence-corrected chi connectivity index (χ4v) is 2.80. The summed E-state index contributed by atoms with van der Waals surface area (Å²) in [7, 11) is 0. The van der Waals surface area contributed by atoms with Gasteiger partial charge in [-0.3, -0.25) is 0 Å². The van der Waals surface area contributed by atoms with Crippen LogP contribution in [0.15, 0.2) is 48.7 Å². The highest BCUT2D eigenvalue weighted by Crippen LogP contribution is 2.35. The van der Waals surface area contributed by atoms with Gasteiger partial charge in [0.15, 0.2) is 0 Å². The molecule has 1 N–H and O–H groups in total. The first-order valence-corrected chi connectivity index (χ1v) is 6.98. The van der Waals surface area contributed by atoms with Crippen LogP contribution >= 0.6 is 22.9 Å². The number of hydrogen-bond acceptors (Lipinski definition) is 3. The van der Waals surface area contributed by atoms with Gasteiger partial charge in [-0.15, -0.1) is 11.3 Å². The second-order valence-electron chi connectivity index (χ2n) is 3.99. The molecule has 0 saturated heterocycles. The van der Waals surface area contributed by atoms with Crippen LogP contribution in [0, 0.1) is 0 Å². The summed E-state index contributed by atoms with van der Waals surface area (Å²) in [6, 6.07) is 13.9. The van der Waals surface area contributed by atoms with Gasteiger partial charge in [-0.25, -0.2) is 5.10 Å². The molecule has 0 atom stereocenters. The van der Waals surface area contributed by atoms with Crippen LogP contribution in [0.1, 0.15) is 5.56 Å². The molecule has 0 aliphatic heterocycles. The van der Waals surface area contributed by atoms with Gasteiger partial charge < -0.3 is 4.74 Å². The summed E-state index contributed by atoms with van der Waals surface area (Å²) in [5, 5.41) is 6.91. The molecule has 1 aromatic carbocycles. The van der Waals surface area contributed by atoms with Crippen molar-refractivity contribution in [3.05, 3.63) is 58.6 Å². The van der Waals surface area contributed by atoms with Crippen molar-refractivity contribution in [1.29, 1.82) is 0 Å². The molecule has 0 amide bonds. The van der Waals surface area contributed by atoms with Gasteiger partial charge >= 0.3 is 0 Å². The summed E-state index contributed by atoms with van der Waals surface area (Å²) in [6.07, 6.45) is 1.75. The smallest absolute Gasteiger partial charge is 0.218 e. The predicted molar refractivity (Wildman–Crippen MR) is 77.7 cm³/mol. The number of thiophene rings is 1. The maximum absolute atomic E-state index is 5.95. The molecule has 96 valence electrons. The lowest BCUT2D eigenvalue weighted by atomic mass is 10.2. The minimum atomic E-state index is 0.509. The summed E-state index contributed by atoms with van der Waals surface area (Å²) in [6.45, 7) is 0.509. The van der Waals surface area contributed by atoms with E-state index in [-0.39, 0.29) is 0 Å². The molecule has 2 aromatic heterocycles. The van der Waals surface area contributed by atoms with Crippen LogP contribution in [0.2, 0.25) is 4.34 Å². The standard InChI is InChI=1S/C14H11ClN2OS/c15-13-7-6-12(19-13)11-8-16-17-14(11)18-9-10-4-2-1-3-5-10/h1-8H,9H2,(H,16,17). The van der Waals surface area contributed by atoms with E-state index in [2.05, 4.69) is 10.2 Å². The first-order chi connectivity index (χ1) is 9.33. The minimum Gasteiger partial charge on any atom is -0.473 e. The maximum atomic E-state index is 5.95. The van der Waals surface area contributed by atoms with E-state index >= 15 is 0 Å². The Hall–Kier alpha value is -1.78. The van der Waals surface area contributed by atoms with Gasteiger partial charge in [-0.05, 0) is 17.7 Å². The number of benzene rings is 1. The normalized spacial score (nSPS) is 10.6. The molecule has 3 rings (SSSR count). The fourth-order valence-electron chi connectivity index (χ4n) is 1.75. The van der Waals surface area contributed by atoms with Crippen LogP contribution in [0.25, 0.3) is 10.4 Å². The molecule has 3 nitrogen and oxygen atoms in total. The van der Waals surface area contributed by atoms with Gasteiger partial charge in [-0.1, -0.05) is 41.9 Å². The summed E-state index contributed by atoms with van der Waals surface area (Å²) >= 11 is 7.46. The number of aromatic nitrogens is 2. The van der Waals surface area contributed by atoms with E-state index in [0.29, 0.717) is 12.5 Å². The average Bonchev–Trinajstić information content (AvgIpc) is 3.06. The molecular formula is C14H11ClN2OS. The molecule has 5 heteroatoms. The topological polar surface area (TPSA) is 37.9 Å². The Morgan fingerprint density at radius 1 is 1.16 bits per heavy atom. The molecule has 0 saturated carbocycles. The first kappa shape index (κ1) is 12.3. The summed E-state index contributed by atoms with van der Waals surface area (Å²) in [5.41, 5.74) is 2.06. The van der Waals surface area contributed by atoms with Crippen molar-refractivity contribution >= 4 is 22.9 Å². The maximum Gasteiger partial charge on any atom is 0.218 e. The quantitative estimate of drug-likeness (QED) is 0.775. The number of nitrogens with one attached hydrogen (secondary N) is 1. The lowest BCUT2D eigenvalue weighted by Crippen LogP contribution is -1.96. The second-order valence-corrected chi connectivity index (χ2v) is 5.71. The SMILES string of the molecule is Clc1ccc(-c2cn[nH]c2OCc2ccccc2)s1. The van der Waals surface area contributed by atoms with Crippen molar-refractivity contribution in [3.8, 4) is 16.3 Å². The average molecular weight is 291 g/mol. The van der Waals surface area contributed by atoms with E-state index in [1.54, 1.807) is 6.20 Å². The number of rotatable bonds is 4. The highest BCUT2D eigenvalue weighted by molar-refractivity contribution is 7.19. The molecule has 0 radical (unpaired) electrons. The van der Waals surface area contributed by atoms with Crippen molar-refractivity contribution in [2.75, 3.05) is 0 Å². The van der Waals surface area contributed by atoms with Crippen LogP contribution in [0.5, 0.6) is 5.88 Å². The monoisotopic (exact) mass is 290 g/mol. The van der Waals surface area contributed by atoms with E-state index in [4.69, 9.17) is 16.3 Å². The van der Waals surface area contributed by atoms with Crippen LogP contribution < -0.4 is 4.74 Å². The Balaban J connectivity index is 1.77. The molecule has 0 unspecified atom stereocenters. The third-order valence-electron chi connectivity index (χ3n) is 2.67. The highest BCUT2D eigenvalue weighted by atomic mass is 35.5. The van der Waals surface area contributed by atoms with Gasteiger partial charge in [0.25, 0.3) is 0 Å². The first-order valence-electron chi connectivity index (χ1n) is 5.79. The van der Waals surface area contributed by atoms with Crippen LogP contribution in [-0.2, 0) is 6.61 Å². The molecule has 19 heavy (non-hydrogen) atoms. The van der Waals surface area contributed by atoms with E-state index in [1.807, 2.05) is 42.5 Å². The lowest BCUT2D eigenvalue weighted by molar-refractivity contribution is 0.295. The van der Waals surface area contributed by atoms with Crippen LogP contribution in [-0.4, -0.2) is 10.2 Å². The number of H-pyrrole nitrogens is 1. The molecule has 0 spiro atoms. The molecule has 3 aromatic rings. The molecule has 0 aliphatic rings. The molecule has 2 heterocycles. The van der Waals surface area contributed by atoms with E-state index in [9.17, 15) is 0 Å². The number of ether oxygens (including phenoxy) is 1. The Bertz CT molecular complexity index is 663. The largest absolute Gasteiger partial charge is 0.473 e. The lowest BCUT2D eigenvalue weighted by Gasteiger charge is -2.05. The zero-order valence-electron chi connectivity index (χ0n) is 9.97. The summed E-state index contributed by atoms with van der Waals surface area (Å²) < 4.78 is 6.53. The Kier molecular flexibility index (Phi) is 3.53. The number of halogens is 1. The van der Waals surface area contributed by atoms with Crippen LogP contribution in [0.3, 0.4) is 0 Å². The van der Waals surface area contributed by atoms with Gasteiger partial charge in [0.1, 0.15) is 6.61 Å². The van der Waals surface area contributed by atoms with Crippen molar-refractivity contribution in [3.63, 3.8) is 0 Å². The van der Waals surface area contributed by atoms with Gasteiger partial charge in [-0.2, -0.15) is 5.10 Å². The molecular weight excluding hydrogens is 280 g/mol.